The van der Waals surface area contributed by atoms with Gasteiger partial charge in [0, 0.05) is 12.1 Å². The van der Waals surface area contributed by atoms with Crippen LogP contribution in [0.1, 0.15) is 22.9 Å². The highest BCUT2D eigenvalue weighted by Crippen LogP contribution is 2.18. The summed E-state index contributed by atoms with van der Waals surface area (Å²) in [6, 6.07) is 28.2. The highest BCUT2D eigenvalue weighted by atomic mass is 19.1. The van der Waals surface area contributed by atoms with Crippen molar-refractivity contribution in [1.29, 1.82) is 0 Å². The van der Waals surface area contributed by atoms with Crippen molar-refractivity contribution >= 4 is 46.5 Å². The predicted molar refractivity (Wildman–Crippen MR) is 139 cm³/mol. The molecule has 2 aromatic heterocycles. The molecule has 37 heavy (non-hydrogen) atoms. The molecule has 0 bridgehead atoms. The van der Waals surface area contributed by atoms with E-state index in [9.17, 15) is 8.78 Å². The molecular weight excluding hydrogens is 470 g/mol. The molecule has 0 atom stereocenters. The van der Waals surface area contributed by atoms with Gasteiger partial charge in [-0.3, -0.25) is 0 Å². The first-order valence-corrected chi connectivity index (χ1v) is 11.8. The molecule has 6 aromatic rings. The van der Waals surface area contributed by atoms with Crippen molar-refractivity contribution in [3.63, 3.8) is 0 Å². The summed E-state index contributed by atoms with van der Waals surface area (Å²) in [5.41, 5.74) is 5.06. The third kappa shape index (κ3) is 4.69. The minimum atomic E-state index is -0.277. The standard InChI is InChI=1S/C31H22F2N2O2/c32-24-15-9-22(10-16-24)13-19-30-34(26-5-1-3-7-28(26)36-30)21-35-27-6-2-4-8-29(27)37-31(35)20-14-23-11-17-25(33)18-12-23/h1-20H,21H2/q+2. The Morgan fingerprint density at radius 2 is 0.919 bits per heavy atom. The number of benzene rings is 4. The molecule has 4 aromatic carbocycles. The van der Waals surface area contributed by atoms with Crippen LogP contribution in [0.2, 0.25) is 0 Å². The molecule has 6 rings (SSSR count). The van der Waals surface area contributed by atoms with E-state index in [-0.39, 0.29) is 11.6 Å². The summed E-state index contributed by atoms with van der Waals surface area (Å²) < 4.78 is 43.2. The van der Waals surface area contributed by atoms with Crippen LogP contribution in [0.5, 0.6) is 0 Å². The first-order valence-electron chi connectivity index (χ1n) is 11.8. The van der Waals surface area contributed by atoms with Gasteiger partial charge in [-0.25, -0.2) is 8.78 Å². The number of rotatable bonds is 6. The Morgan fingerprint density at radius 3 is 1.35 bits per heavy atom. The zero-order valence-electron chi connectivity index (χ0n) is 19.7. The van der Waals surface area contributed by atoms with Gasteiger partial charge in [0.05, 0.1) is 12.2 Å². The van der Waals surface area contributed by atoms with Crippen molar-refractivity contribution in [3.05, 3.63) is 132 Å². The Morgan fingerprint density at radius 1 is 0.514 bits per heavy atom. The Balaban J connectivity index is 1.44. The van der Waals surface area contributed by atoms with E-state index >= 15 is 0 Å². The molecule has 6 heteroatoms. The quantitative estimate of drug-likeness (QED) is 0.238. The van der Waals surface area contributed by atoms with E-state index in [1.807, 2.05) is 72.8 Å². The molecule has 0 radical (unpaired) electrons. The summed E-state index contributed by atoms with van der Waals surface area (Å²) in [7, 11) is 0. The summed E-state index contributed by atoms with van der Waals surface area (Å²) in [6.07, 6.45) is 7.54. The number of hydrogen-bond acceptors (Lipinski definition) is 2. The number of hydrogen-bond donors (Lipinski definition) is 0. The fourth-order valence-corrected chi connectivity index (χ4v) is 4.27. The third-order valence-electron chi connectivity index (χ3n) is 6.13. The molecule has 2 heterocycles. The smallest absolute Gasteiger partial charge is 0.379 e. The van der Waals surface area contributed by atoms with Gasteiger partial charge in [-0.05, 0) is 59.7 Å². The van der Waals surface area contributed by atoms with Crippen LogP contribution >= 0.6 is 0 Å². The molecule has 0 spiro atoms. The van der Waals surface area contributed by atoms with Gasteiger partial charge in [-0.2, -0.15) is 0 Å². The maximum absolute atomic E-state index is 13.3. The topological polar surface area (TPSA) is 34.0 Å². The largest absolute Gasteiger partial charge is 0.398 e. The zero-order chi connectivity index (χ0) is 25.2. The van der Waals surface area contributed by atoms with E-state index in [4.69, 9.17) is 8.83 Å². The Labute approximate surface area is 211 Å². The predicted octanol–water partition coefficient (Wildman–Crippen LogP) is 6.88. The van der Waals surface area contributed by atoms with Crippen LogP contribution in [0, 0.1) is 11.6 Å². The molecule has 0 amide bonds. The third-order valence-corrected chi connectivity index (χ3v) is 6.13. The molecule has 0 aliphatic heterocycles. The minimum absolute atomic E-state index is 0.277. The summed E-state index contributed by atoms with van der Waals surface area (Å²) in [5, 5.41) is 0. The molecule has 0 aliphatic rings. The lowest BCUT2D eigenvalue weighted by atomic mass is 10.2. The molecule has 4 nitrogen and oxygen atoms in total. The molecular formula is C31H22F2N2O2+2. The van der Waals surface area contributed by atoms with Gasteiger partial charge < -0.3 is 8.83 Å². The Bertz CT molecular complexity index is 1630. The number of nitrogens with zero attached hydrogens (tertiary/aromatic N) is 2. The lowest BCUT2D eigenvalue weighted by Crippen LogP contribution is -2.53. The van der Waals surface area contributed by atoms with Crippen molar-refractivity contribution in [3.8, 4) is 0 Å². The number of fused-ring (bicyclic) bond motifs is 2. The van der Waals surface area contributed by atoms with Gasteiger partial charge in [0.15, 0.2) is 0 Å². The summed E-state index contributed by atoms with van der Waals surface area (Å²) >= 11 is 0. The average Bonchev–Trinajstić information content (AvgIpc) is 3.46. The monoisotopic (exact) mass is 492 g/mol. The van der Waals surface area contributed by atoms with E-state index < -0.39 is 0 Å². The van der Waals surface area contributed by atoms with Gasteiger partial charge in [-0.15, -0.1) is 0 Å². The lowest BCUT2D eigenvalue weighted by Gasteiger charge is -1.95. The van der Waals surface area contributed by atoms with E-state index in [1.54, 1.807) is 24.3 Å². The van der Waals surface area contributed by atoms with Crippen molar-refractivity contribution < 1.29 is 26.7 Å². The van der Waals surface area contributed by atoms with Crippen LogP contribution < -0.4 is 9.13 Å². The lowest BCUT2D eigenvalue weighted by molar-refractivity contribution is -0.894. The van der Waals surface area contributed by atoms with Gasteiger partial charge >= 0.3 is 18.5 Å². The van der Waals surface area contributed by atoms with Crippen LogP contribution in [-0.4, -0.2) is 0 Å². The molecule has 0 aliphatic carbocycles. The molecule has 0 N–H and O–H groups in total. The van der Waals surface area contributed by atoms with Gasteiger partial charge in [0.2, 0.25) is 11.2 Å². The molecule has 0 unspecified atom stereocenters. The van der Waals surface area contributed by atoms with Crippen molar-refractivity contribution in [1.82, 2.24) is 0 Å². The maximum atomic E-state index is 13.3. The van der Waals surface area contributed by atoms with Crippen LogP contribution in [0.25, 0.3) is 46.5 Å². The summed E-state index contributed by atoms with van der Waals surface area (Å²) in [4.78, 5) is 0. The second kappa shape index (κ2) is 9.66. The molecule has 0 fully saturated rings. The Kier molecular flexibility index (Phi) is 5.91. The van der Waals surface area contributed by atoms with Crippen molar-refractivity contribution in [2.75, 3.05) is 0 Å². The van der Waals surface area contributed by atoms with Crippen molar-refractivity contribution in [2.24, 2.45) is 0 Å². The van der Waals surface area contributed by atoms with Gasteiger partial charge in [-0.1, -0.05) is 57.7 Å². The fraction of sp³-hybridized carbons (Fsp3) is 0.0323. The first-order chi connectivity index (χ1) is 18.1. The maximum Gasteiger partial charge on any atom is 0.379 e. The zero-order valence-corrected chi connectivity index (χ0v) is 19.7. The van der Waals surface area contributed by atoms with E-state index in [1.165, 1.54) is 24.3 Å². The molecule has 0 saturated heterocycles. The SMILES string of the molecule is Fc1ccc(C=Cc2oc3ccccc3[n+]2C[n+]2c(C=Cc3ccc(F)cc3)oc3ccccc32)cc1. The Hall–Kier alpha value is -4.84. The minimum Gasteiger partial charge on any atom is -0.398 e. The van der Waals surface area contributed by atoms with E-state index in [2.05, 4.69) is 9.13 Å². The fourth-order valence-electron chi connectivity index (χ4n) is 4.27. The van der Waals surface area contributed by atoms with Gasteiger partial charge in [0.1, 0.15) is 11.6 Å². The second-order valence-electron chi connectivity index (χ2n) is 8.58. The van der Waals surface area contributed by atoms with E-state index in [0.717, 1.165) is 33.3 Å². The first kappa shape index (κ1) is 22.6. The van der Waals surface area contributed by atoms with Crippen LogP contribution in [-0.2, 0) is 6.67 Å². The highest BCUT2D eigenvalue weighted by molar-refractivity contribution is 5.73. The number of halogens is 2. The van der Waals surface area contributed by atoms with Crippen LogP contribution in [0.4, 0.5) is 8.78 Å². The summed E-state index contributed by atoms with van der Waals surface area (Å²) in [5.74, 6) is 0.717. The molecule has 0 saturated carbocycles. The van der Waals surface area contributed by atoms with E-state index in [0.29, 0.717) is 18.5 Å². The number of para-hydroxylation sites is 4. The molecule has 180 valence electrons. The number of aromatic nitrogens is 2. The normalized spacial score (nSPS) is 11.9. The van der Waals surface area contributed by atoms with Gasteiger partial charge in [0.25, 0.3) is 11.0 Å². The highest BCUT2D eigenvalue weighted by Gasteiger charge is 2.29. The van der Waals surface area contributed by atoms with Crippen molar-refractivity contribution in [2.45, 2.75) is 6.67 Å². The summed E-state index contributed by atoms with van der Waals surface area (Å²) in [6.45, 7) is 0.417. The van der Waals surface area contributed by atoms with Crippen LogP contribution in [0.15, 0.2) is 106 Å². The second-order valence-corrected chi connectivity index (χ2v) is 8.58. The van der Waals surface area contributed by atoms with Crippen LogP contribution in [0.3, 0.4) is 0 Å². The number of oxazole rings is 2. The average molecular weight is 493 g/mol.